The van der Waals surface area contributed by atoms with E-state index in [4.69, 9.17) is 4.74 Å². The van der Waals surface area contributed by atoms with Crippen molar-refractivity contribution in [2.45, 2.75) is 5.25 Å². The predicted octanol–water partition coefficient (Wildman–Crippen LogP) is 0.264. The van der Waals surface area contributed by atoms with Gasteiger partial charge < -0.3 is 14.8 Å². The van der Waals surface area contributed by atoms with Crippen LogP contribution in [0.25, 0.3) is 0 Å². The Morgan fingerprint density at radius 2 is 2.05 bits per heavy atom. The van der Waals surface area contributed by atoms with Gasteiger partial charge in [0.2, 0.25) is 0 Å². The molecule has 2 heterocycles. The van der Waals surface area contributed by atoms with Crippen molar-refractivity contribution in [2.75, 3.05) is 14.2 Å². The molecule has 1 unspecified atom stereocenters. The fourth-order valence-electron chi connectivity index (χ4n) is 1.69. The summed E-state index contributed by atoms with van der Waals surface area (Å²) in [5.74, 6) is -1.03. The van der Waals surface area contributed by atoms with Gasteiger partial charge in [-0.2, -0.15) is 0 Å². The summed E-state index contributed by atoms with van der Waals surface area (Å²) in [6.07, 6.45) is 3.12. The summed E-state index contributed by atoms with van der Waals surface area (Å²) in [6.45, 7) is 0. The average Bonchev–Trinajstić information content (AvgIpc) is 2.80. The van der Waals surface area contributed by atoms with Gasteiger partial charge in [-0.1, -0.05) is 5.21 Å². The van der Waals surface area contributed by atoms with E-state index < -0.39 is 17.2 Å². The quantitative estimate of drug-likeness (QED) is 0.795. The van der Waals surface area contributed by atoms with Gasteiger partial charge in [0.25, 0.3) is 0 Å². The molecule has 1 aliphatic rings. The van der Waals surface area contributed by atoms with Crippen LogP contribution in [0.2, 0.25) is 0 Å². The van der Waals surface area contributed by atoms with Crippen LogP contribution in [0.15, 0.2) is 29.1 Å². The second-order valence-corrected chi connectivity index (χ2v) is 5.07. The molecule has 0 amide bonds. The lowest BCUT2D eigenvalue weighted by molar-refractivity contribution is -0.137. The number of methoxy groups -OCH3 is 2. The molecule has 0 aromatic carbocycles. The molecule has 21 heavy (non-hydrogen) atoms. The van der Waals surface area contributed by atoms with Crippen LogP contribution in [0.4, 0.5) is 0 Å². The number of thioether (sulfide) groups is 1. The number of esters is 2. The lowest BCUT2D eigenvalue weighted by Crippen LogP contribution is -2.18. The summed E-state index contributed by atoms with van der Waals surface area (Å²) in [5, 5.41) is 11.8. The van der Waals surface area contributed by atoms with Crippen LogP contribution < -0.4 is 5.32 Å². The van der Waals surface area contributed by atoms with Crippen LogP contribution in [0.1, 0.15) is 10.9 Å². The first-order chi connectivity index (χ1) is 10.1. The Kier molecular flexibility index (Phi) is 4.63. The maximum absolute atomic E-state index is 11.9. The Morgan fingerprint density at radius 3 is 2.62 bits per heavy atom. The largest absolute Gasteiger partial charge is 0.466 e. The fraction of sp³-hybridized carbons (Fsp3) is 0.333. The van der Waals surface area contributed by atoms with E-state index in [0.717, 1.165) is 0 Å². The Balaban J connectivity index is 2.37. The highest BCUT2D eigenvalue weighted by molar-refractivity contribution is 8.02. The number of hydrogen-bond acceptors (Lipinski definition) is 8. The highest BCUT2D eigenvalue weighted by Crippen LogP contribution is 2.37. The number of carbonyl (C=O) groups is 2. The van der Waals surface area contributed by atoms with Crippen molar-refractivity contribution < 1.29 is 19.1 Å². The van der Waals surface area contributed by atoms with E-state index in [9.17, 15) is 9.59 Å². The van der Waals surface area contributed by atoms with E-state index in [2.05, 4.69) is 20.4 Å². The van der Waals surface area contributed by atoms with Gasteiger partial charge in [-0.15, -0.1) is 16.9 Å². The minimum atomic E-state index is -0.525. The zero-order chi connectivity index (χ0) is 15.4. The van der Waals surface area contributed by atoms with Crippen LogP contribution in [-0.4, -0.2) is 41.2 Å². The first-order valence-corrected chi connectivity index (χ1v) is 6.86. The van der Waals surface area contributed by atoms with Crippen molar-refractivity contribution in [1.82, 2.24) is 20.3 Å². The monoisotopic (exact) mass is 310 g/mol. The van der Waals surface area contributed by atoms with E-state index in [1.165, 1.54) is 36.9 Å². The van der Waals surface area contributed by atoms with E-state index in [-0.39, 0.29) is 5.70 Å². The Morgan fingerprint density at radius 1 is 1.33 bits per heavy atom. The number of ether oxygens (including phenoxy) is 2. The molecule has 2 rings (SSSR count). The van der Waals surface area contributed by atoms with Gasteiger partial charge in [-0.05, 0) is 0 Å². The van der Waals surface area contributed by atoms with Gasteiger partial charge in [0.05, 0.1) is 25.0 Å². The molecule has 0 fully saturated rings. The first-order valence-electron chi connectivity index (χ1n) is 5.92. The van der Waals surface area contributed by atoms with Crippen LogP contribution in [0.5, 0.6) is 0 Å². The second-order valence-electron chi connectivity index (χ2n) is 4.09. The van der Waals surface area contributed by atoms with Crippen LogP contribution >= 0.6 is 11.8 Å². The number of hydrogen-bond donors (Lipinski definition) is 1. The van der Waals surface area contributed by atoms with Crippen molar-refractivity contribution in [3.05, 3.63) is 34.8 Å². The standard InChI is InChI=1S/C12H14N4O4S/c1-16-5-8(14-15-16)10-7(11(17)19-2)4-13-9(6-21-10)12(18)20-3/h4-6,10,13H,1-3H3. The molecular formula is C12H14N4O4S. The van der Waals surface area contributed by atoms with Gasteiger partial charge in [0.15, 0.2) is 0 Å². The minimum Gasteiger partial charge on any atom is -0.466 e. The third kappa shape index (κ3) is 3.24. The zero-order valence-corrected chi connectivity index (χ0v) is 12.5. The summed E-state index contributed by atoms with van der Waals surface area (Å²) in [6, 6.07) is 0. The van der Waals surface area contributed by atoms with Crippen molar-refractivity contribution in [3.8, 4) is 0 Å². The van der Waals surface area contributed by atoms with Gasteiger partial charge in [-0.3, -0.25) is 4.68 Å². The minimum absolute atomic E-state index is 0.232. The SMILES string of the molecule is COC(=O)C1=CSC(c2cn(C)nn2)C(C(=O)OC)=CN1. The van der Waals surface area contributed by atoms with Crippen molar-refractivity contribution in [3.63, 3.8) is 0 Å². The fourth-order valence-corrected chi connectivity index (χ4v) is 2.68. The molecule has 0 aliphatic carbocycles. The number of nitrogens with zero attached hydrogens (tertiary/aromatic N) is 3. The molecule has 0 radical (unpaired) electrons. The normalized spacial score (nSPS) is 18.0. The van der Waals surface area contributed by atoms with Gasteiger partial charge >= 0.3 is 11.9 Å². The third-order valence-electron chi connectivity index (χ3n) is 2.70. The molecule has 0 saturated heterocycles. The van der Waals surface area contributed by atoms with Crippen molar-refractivity contribution in [1.29, 1.82) is 0 Å². The molecule has 1 N–H and O–H groups in total. The summed E-state index contributed by atoms with van der Waals surface area (Å²) < 4.78 is 11.0. The summed E-state index contributed by atoms with van der Waals surface area (Å²) >= 11 is 1.24. The second kappa shape index (κ2) is 6.44. The molecule has 1 aromatic rings. The molecular weight excluding hydrogens is 296 g/mol. The van der Waals surface area contributed by atoms with Gasteiger partial charge in [0, 0.05) is 24.9 Å². The summed E-state index contributed by atoms with van der Waals surface area (Å²) in [5.41, 5.74) is 1.15. The highest BCUT2D eigenvalue weighted by atomic mass is 32.2. The average molecular weight is 310 g/mol. The Labute approximate surface area is 125 Å². The smallest absolute Gasteiger partial charge is 0.354 e. The molecule has 8 nitrogen and oxygen atoms in total. The molecule has 1 aliphatic heterocycles. The number of nitrogens with one attached hydrogen (secondary N) is 1. The number of aromatic nitrogens is 3. The maximum Gasteiger partial charge on any atom is 0.354 e. The van der Waals surface area contributed by atoms with E-state index >= 15 is 0 Å². The molecule has 0 saturated carbocycles. The maximum atomic E-state index is 11.9. The van der Waals surface area contributed by atoms with Crippen LogP contribution in [0.3, 0.4) is 0 Å². The predicted molar refractivity (Wildman–Crippen MR) is 74.7 cm³/mol. The zero-order valence-electron chi connectivity index (χ0n) is 11.7. The molecule has 1 atom stereocenters. The van der Waals surface area contributed by atoms with Gasteiger partial charge in [0.1, 0.15) is 11.4 Å². The topological polar surface area (TPSA) is 95.3 Å². The number of carbonyl (C=O) groups excluding carboxylic acids is 2. The molecule has 1 aromatic heterocycles. The first kappa shape index (κ1) is 15.1. The Bertz CT molecular complexity index is 623. The van der Waals surface area contributed by atoms with E-state index in [1.807, 2.05) is 0 Å². The summed E-state index contributed by atoms with van der Waals surface area (Å²) in [4.78, 5) is 23.5. The highest BCUT2D eigenvalue weighted by Gasteiger charge is 2.29. The molecule has 0 bridgehead atoms. The lowest BCUT2D eigenvalue weighted by Gasteiger charge is -2.12. The summed E-state index contributed by atoms with van der Waals surface area (Å²) in [7, 11) is 4.31. The van der Waals surface area contributed by atoms with Crippen LogP contribution in [0, 0.1) is 0 Å². The molecule has 112 valence electrons. The third-order valence-corrected chi connectivity index (χ3v) is 3.84. The molecule has 0 spiro atoms. The van der Waals surface area contributed by atoms with E-state index in [1.54, 1.807) is 18.7 Å². The number of aryl methyl sites for hydroxylation is 1. The van der Waals surface area contributed by atoms with Crippen molar-refractivity contribution >= 4 is 23.7 Å². The number of rotatable bonds is 3. The van der Waals surface area contributed by atoms with Crippen LogP contribution in [-0.2, 0) is 26.1 Å². The Hall–Kier alpha value is -2.29. The van der Waals surface area contributed by atoms with Gasteiger partial charge in [-0.25, -0.2) is 9.59 Å². The molecule has 9 heteroatoms. The van der Waals surface area contributed by atoms with E-state index in [0.29, 0.717) is 11.3 Å². The van der Waals surface area contributed by atoms with Crippen molar-refractivity contribution in [2.24, 2.45) is 7.05 Å². The lowest BCUT2D eigenvalue weighted by atomic mass is 10.1.